The number of carbonyl (C=O) groups excluding carboxylic acids is 1. The Hall–Kier alpha value is -1.71. The average molecular weight is 323 g/mol. The monoisotopic (exact) mass is 322 g/mol. The Bertz CT molecular complexity index is 654. The van der Waals surface area contributed by atoms with Crippen LogP contribution in [0.5, 0.6) is 0 Å². The van der Waals surface area contributed by atoms with Crippen LogP contribution in [0.4, 0.5) is 5.69 Å². The number of anilines is 1. The van der Waals surface area contributed by atoms with Gasteiger partial charge < -0.3 is 11.1 Å². The van der Waals surface area contributed by atoms with Gasteiger partial charge in [0.2, 0.25) is 0 Å². The highest BCUT2D eigenvalue weighted by molar-refractivity contribution is 6.44. The molecular weight excluding hydrogens is 307 g/mol. The quantitative estimate of drug-likeness (QED) is 0.834. The highest BCUT2D eigenvalue weighted by Gasteiger charge is 2.13. The maximum Gasteiger partial charge on any atom is 0.253 e. The van der Waals surface area contributed by atoms with E-state index in [1.54, 1.807) is 0 Å². The molecule has 0 radical (unpaired) electrons. The Kier molecular flexibility index (Phi) is 5.10. The molecular formula is C16H16Cl2N2O. The van der Waals surface area contributed by atoms with Crippen molar-refractivity contribution in [2.75, 3.05) is 5.73 Å². The van der Waals surface area contributed by atoms with Gasteiger partial charge in [-0.3, -0.25) is 4.79 Å². The predicted molar refractivity (Wildman–Crippen MR) is 87.9 cm³/mol. The molecule has 0 aliphatic heterocycles. The van der Waals surface area contributed by atoms with Gasteiger partial charge in [-0.25, -0.2) is 0 Å². The molecule has 1 amide bonds. The molecule has 5 heteroatoms. The van der Waals surface area contributed by atoms with E-state index in [1.165, 1.54) is 17.7 Å². The maximum absolute atomic E-state index is 12.2. The molecule has 0 fully saturated rings. The normalized spacial score (nSPS) is 10.4. The molecule has 3 nitrogen and oxygen atoms in total. The minimum absolute atomic E-state index is 0.213. The summed E-state index contributed by atoms with van der Waals surface area (Å²) in [6.45, 7) is 2.52. The second-order valence-corrected chi connectivity index (χ2v) is 5.50. The molecule has 21 heavy (non-hydrogen) atoms. The Morgan fingerprint density at radius 2 is 1.76 bits per heavy atom. The molecule has 0 spiro atoms. The molecule has 2 aromatic carbocycles. The number of nitrogens with two attached hydrogens (primary N) is 1. The van der Waals surface area contributed by atoms with Gasteiger partial charge >= 0.3 is 0 Å². The molecule has 0 saturated heterocycles. The lowest BCUT2D eigenvalue weighted by atomic mass is 10.1. The van der Waals surface area contributed by atoms with Crippen molar-refractivity contribution in [1.82, 2.24) is 5.32 Å². The lowest BCUT2D eigenvalue weighted by molar-refractivity contribution is 0.0951. The van der Waals surface area contributed by atoms with Crippen LogP contribution in [-0.4, -0.2) is 5.91 Å². The number of hydrogen-bond donors (Lipinski definition) is 2. The number of aryl methyl sites for hydroxylation is 1. The lowest BCUT2D eigenvalue weighted by Crippen LogP contribution is -2.23. The summed E-state index contributed by atoms with van der Waals surface area (Å²) in [7, 11) is 0. The number of amides is 1. The smallest absolute Gasteiger partial charge is 0.253 e. The number of benzene rings is 2. The van der Waals surface area contributed by atoms with E-state index >= 15 is 0 Å². The van der Waals surface area contributed by atoms with E-state index in [2.05, 4.69) is 12.2 Å². The summed E-state index contributed by atoms with van der Waals surface area (Å²) < 4.78 is 0. The molecule has 3 N–H and O–H groups in total. The highest BCUT2D eigenvalue weighted by atomic mass is 35.5. The first-order valence-corrected chi connectivity index (χ1v) is 7.37. The van der Waals surface area contributed by atoms with E-state index in [0.717, 1.165) is 12.0 Å². The first-order chi connectivity index (χ1) is 10.0. The van der Waals surface area contributed by atoms with Crippen molar-refractivity contribution in [3.05, 3.63) is 63.1 Å². The number of carbonyl (C=O) groups is 1. The van der Waals surface area contributed by atoms with Gasteiger partial charge in [0.15, 0.2) is 0 Å². The molecule has 110 valence electrons. The van der Waals surface area contributed by atoms with Crippen molar-refractivity contribution >= 4 is 34.8 Å². The molecule has 2 aromatic rings. The molecule has 0 aliphatic carbocycles. The van der Waals surface area contributed by atoms with Crippen LogP contribution in [0, 0.1) is 0 Å². The largest absolute Gasteiger partial charge is 0.399 e. The number of hydrogen-bond acceptors (Lipinski definition) is 2. The van der Waals surface area contributed by atoms with E-state index < -0.39 is 0 Å². The molecule has 0 bridgehead atoms. The zero-order chi connectivity index (χ0) is 15.4. The Morgan fingerprint density at radius 1 is 1.14 bits per heavy atom. The van der Waals surface area contributed by atoms with Gasteiger partial charge in [-0.05, 0) is 29.7 Å². The first kappa shape index (κ1) is 15.7. The molecule has 0 heterocycles. The topological polar surface area (TPSA) is 55.1 Å². The third-order valence-electron chi connectivity index (χ3n) is 3.18. The molecule has 0 saturated carbocycles. The van der Waals surface area contributed by atoms with Crippen molar-refractivity contribution in [3.8, 4) is 0 Å². The maximum atomic E-state index is 12.2. The van der Waals surface area contributed by atoms with E-state index in [4.69, 9.17) is 28.9 Å². The third-order valence-corrected chi connectivity index (χ3v) is 3.98. The minimum Gasteiger partial charge on any atom is -0.399 e. The van der Waals surface area contributed by atoms with Crippen molar-refractivity contribution in [1.29, 1.82) is 0 Å². The number of halogens is 2. The summed E-state index contributed by atoms with van der Waals surface area (Å²) in [6.07, 6.45) is 0.990. The van der Waals surface area contributed by atoms with Gasteiger partial charge in [0.25, 0.3) is 5.91 Å². The summed E-state index contributed by atoms with van der Waals surface area (Å²) in [4.78, 5) is 12.2. The third kappa shape index (κ3) is 3.90. The number of nitrogen functional groups attached to an aromatic ring is 1. The van der Waals surface area contributed by atoms with Crippen LogP contribution >= 0.6 is 23.2 Å². The zero-order valence-corrected chi connectivity index (χ0v) is 13.1. The van der Waals surface area contributed by atoms with Gasteiger partial charge in [0.05, 0.1) is 15.6 Å². The second-order valence-electron chi connectivity index (χ2n) is 4.72. The Balaban J connectivity index is 2.08. The van der Waals surface area contributed by atoms with Gasteiger partial charge in [-0.1, -0.05) is 54.4 Å². The summed E-state index contributed by atoms with van der Waals surface area (Å²) >= 11 is 12.0. The van der Waals surface area contributed by atoms with Gasteiger partial charge in [-0.2, -0.15) is 0 Å². The lowest BCUT2D eigenvalue weighted by Gasteiger charge is -2.09. The SMILES string of the molecule is CCc1ccc(CNC(=O)c2cc(N)cc(Cl)c2Cl)cc1. The van der Waals surface area contributed by atoms with E-state index in [9.17, 15) is 4.79 Å². The number of nitrogens with one attached hydrogen (secondary N) is 1. The van der Waals surface area contributed by atoms with E-state index in [1.807, 2.05) is 24.3 Å². The average Bonchev–Trinajstić information content (AvgIpc) is 2.49. The molecule has 0 aliphatic rings. The van der Waals surface area contributed by atoms with Crippen LogP contribution in [0.3, 0.4) is 0 Å². The van der Waals surface area contributed by atoms with Crippen LogP contribution in [0.1, 0.15) is 28.4 Å². The predicted octanol–water partition coefficient (Wildman–Crippen LogP) is 4.07. The van der Waals surface area contributed by atoms with Crippen molar-refractivity contribution < 1.29 is 4.79 Å². The standard InChI is InChI=1S/C16H16Cl2N2O/c1-2-10-3-5-11(6-4-10)9-20-16(21)13-7-12(19)8-14(17)15(13)18/h3-8H,2,9,19H2,1H3,(H,20,21). The Labute approximate surface area is 134 Å². The second kappa shape index (κ2) is 6.83. The number of rotatable bonds is 4. The fourth-order valence-corrected chi connectivity index (χ4v) is 2.37. The summed E-state index contributed by atoms with van der Waals surface area (Å²) in [5.41, 5.74) is 8.65. The molecule has 2 rings (SSSR count). The van der Waals surface area contributed by atoms with Gasteiger partial charge in [0.1, 0.15) is 0 Å². The van der Waals surface area contributed by atoms with Crippen LogP contribution < -0.4 is 11.1 Å². The van der Waals surface area contributed by atoms with Crippen LogP contribution in [0.15, 0.2) is 36.4 Å². The molecule has 0 atom stereocenters. The van der Waals surface area contributed by atoms with Gasteiger partial charge in [-0.15, -0.1) is 0 Å². The van der Waals surface area contributed by atoms with Crippen molar-refractivity contribution in [2.45, 2.75) is 19.9 Å². The van der Waals surface area contributed by atoms with Crippen molar-refractivity contribution in [2.24, 2.45) is 0 Å². The van der Waals surface area contributed by atoms with Crippen LogP contribution in [-0.2, 0) is 13.0 Å². The highest BCUT2D eigenvalue weighted by Crippen LogP contribution is 2.28. The van der Waals surface area contributed by atoms with Gasteiger partial charge in [0, 0.05) is 12.2 Å². The Morgan fingerprint density at radius 3 is 2.38 bits per heavy atom. The minimum atomic E-state index is -0.297. The van der Waals surface area contributed by atoms with E-state index in [0.29, 0.717) is 12.2 Å². The fraction of sp³-hybridized carbons (Fsp3) is 0.188. The van der Waals surface area contributed by atoms with E-state index in [-0.39, 0.29) is 21.5 Å². The van der Waals surface area contributed by atoms with Crippen LogP contribution in [0.25, 0.3) is 0 Å². The van der Waals surface area contributed by atoms with Crippen molar-refractivity contribution in [3.63, 3.8) is 0 Å². The molecule has 0 unspecified atom stereocenters. The molecule has 0 aromatic heterocycles. The zero-order valence-electron chi connectivity index (χ0n) is 11.6. The summed E-state index contributed by atoms with van der Waals surface area (Å²) in [6, 6.07) is 11.1. The van der Waals surface area contributed by atoms with Crippen LogP contribution in [0.2, 0.25) is 10.0 Å². The first-order valence-electron chi connectivity index (χ1n) is 6.61. The fourth-order valence-electron chi connectivity index (χ4n) is 1.95. The summed E-state index contributed by atoms with van der Waals surface area (Å²) in [5, 5.41) is 3.30. The summed E-state index contributed by atoms with van der Waals surface area (Å²) in [5.74, 6) is -0.297.